The van der Waals surface area contributed by atoms with E-state index in [0.717, 1.165) is 22.9 Å². The van der Waals surface area contributed by atoms with Gasteiger partial charge in [0.2, 0.25) is 0 Å². The second-order valence-electron chi connectivity index (χ2n) is 8.34. The average molecular weight is 404 g/mol. The van der Waals surface area contributed by atoms with Gasteiger partial charge in [0, 0.05) is 36.3 Å². The van der Waals surface area contributed by atoms with Crippen LogP contribution >= 0.6 is 11.6 Å². The van der Waals surface area contributed by atoms with Gasteiger partial charge in [0.25, 0.3) is 0 Å². The lowest BCUT2D eigenvalue weighted by atomic mass is 9.98. The number of nitrogens with zero attached hydrogens (tertiary/aromatic N) is 1. The minimum Gasteiger partial charge on any atom is -0.445 e. The Morgan fingerprint density at radius 1 is 1.14 bits per heavy atom. The summed E-state index contributed by atoms with van der Waals surface area (Å²) in [7, 11) is 4.54. The third-order valence-corrected chi connectivity index (χ3v) is 6.65. The molecule has 4 nitrogen and oxygen atoms in total. The highest BCUT2D eigenvalue weighted by Crippen LogP contribution is 2.40. The monoisotopic (exact) mass is 403 g/mol. The molecule has 2 aromatic rings. The first-order valence-corrected chi connectivity index (χ1v) is 10.1. The fourth-order valence-electron chi connectivity index (χ4n) is 4.74. The summed E-state index contributed by atoms with van der Waals surface area (Å²) >= 11 is 6.07. The lowest BCUT2D eigenvalue weighted by Gasteiger charge is -2.43. The number of amides is 1. The zero-order valence-corrected chi connectivity index (χ0v) is 16.9. The van der Waals surface area contributed by atoms with E-state index in [4.69, 9.17) is 16.3 Å². The number of benzene rings is 2. The first-order valence-electron chi connectivity index (χ1n) is 9.69. The highest BCUT2D eigenvalue weighted by Gasteiger charge is 2.49. The Morgan fingerprint density at radius 3 is 2.54 bits per heavy atom. The number of nitrogens with one attached hydrogen (secondary N) is 1. The van der Waals surface area contributed by atoms with Gasteiger partial charge in [-0.25, -0.2) is 9.18 Å². The Kier molecular flexibility index (Phi) is 5.06. The van der Waals surface area contributed by atoms with Crippen molar-refractivity contribution in [1.82, 2.24) is 0 Å². The fourth-order valence-corrected chi connectivity index (χ4v) is 4.93. The van der Waals surface area contributed by atoms with Crippen molar-refractivity contribution in [2.24, 2.45) is 0 Å². The van der Waals surface area contributed by atoms with Crippen LogP contribution in [0.2, 0.25) is 5.02 Å². The van der Waals surface area contributed by atoms with Gasteiger partial charge in [-0.15, -0.1) is 0 Å². The van der Waals surface area contributed by atoms with E-state index in [1.807, 2.05) is 6.07 Å². The maximum atomic E-state index is 13.8. The highest BCUT2D eigenvalue weighted by atomic mass is 35.5. The van der Waals surface area contributed by atoms with E-state index in [2.05, 4.69) is 19.4 Å². The van der Waals surface area contributed by atoms with E-state index < -0.39 is 6.09 Å². The number of ether oxygens (including phenoxy) is 1. The summed E-state index contributed by atoms with van der Waals surface area (Å²) in [6.45, 7) is 0. The van der Waals surface area contributed by atoms with E-state index in [1.165, 1.54) is 25.0 Å². The number of hydrogen-bond donors (Lipinski definition) is 1. The van der Waals surface area contributed by atoms with E-state index in [-0.39, 0.29) is 11.9 Å². The molecule has 0 saturated carbocycles. The molecule has 2 bridgehead atoms. The van der Waals surface area contributed by atoms with Crippen LogP contribution in [0.25, 0.3) is 11.1 Å². The molecule has 1 N–H and O–H groups in total. The molecule has 0 spiro atoms. The van der Waals surface area contributed by atoms with Gasteiger partial charge in [-0.3, -0.25) is 5.32 Å². The van der Waals surface area contributed by atoms with Crippen LogP contribution in [0.4, 0.5) is 14.9 Å². The Balaban J connectivity index is 1.48. The predicted octanol–water partition coefficient (Wildman–Crippen LogP) is 5.46. The van der Waals surface area contributed by atoms with Crippen LogP contribution < -0.4 is 5.32 Å². The SMILES string of the molecule is C[N+]1(C)[C@@H]2CC[C@H]1CC(OC(=O)Nc1ccc(F)cc1-c1cccc(Cl)c1)C2. The minimum atomic E-state index is -0.494. The van der Waals surface area contributed by atoms with Gasteiger partial charge in [0.05, 0.1) is 31.9 Å². The normalized spacial score (nSPS) is 25.4. The van der Waals surface area contributed by atoms with Gasteiger partial charge in [-0.1, -0.05) is 23.7 Å². The second kappa shape index (κ2) is 7.37. The van der Waals surface area contributed by atoms with Crippen molar-refractivity contribution in [2.45, 2.75) is 43.9 Å². The third-order valence-electron chi connectivity index (χ3n) is 6.41. The maximum absolute atomic E-state index is 13.8. The van der Waals surface area contributed by atoms with Crippen molar-refractivity contribution in [3.05, 3.63) is 53.3 Å². The van der Waals surface area contributed by atoms with Gasteiger partial charge in [-0.2, -0.15) is 0 Å². The molecule has 6 heteroatoms. The Hall–Kier alpha value is -2.11. The summed E-state index contributed by atoms with van der Waals surface area (Å²) in [5.74, 6) is -0.377. The van der Waals surface area contributed by atoms with E-state index in [1.54, 1.807) is 24.3 Å². The zero-order chi connectivity index (χ0) is 19.9. The number of quaternary nitrogens is 1. The van der Waals surface area contributed by atoms with Crippen molar-refractivity contribution in [2.75, 3.05) is 19.4 Å². The number of carbonyl (C=O) groups excluding carboxylic acids is 1. The molecular weight excluding hydrogens is 379 g/mol. The highest BCUT2D eigenvalue weighted by molar-refractivity contribution is 6.30. The Labute approximate surface area is 169 Å². The predicted molar refractivity (Wildman–Crippen MR) is 109 cm³/mol. The number of rotatable bonds is 3. The van der Waals surface area contributed by atoms with E-state index >= 15 is 0 Å². The summed E-state index contributed by atoms with van der Waals surface area (Å²) in [5.41, 5.74) is 1.81. The number of anilines is 1. The van der Waals surface area contributed by atoms with Crippen LogP contribution in [0.3, 0.4) is 0 Å². The average Bonchev–Trinajstić information content (AvgIpc) is 2.81. The molecule has 4 rings (SSSR count). The smallest absolute Gasteiger partial charge is 0.411 e. The van der Waals surface area contributed by atoms with Gasteiger partial charge in [0.1, 0.15) is 11.9 Å². The van der Waals surface area contributed by atoms with Gasteiger partial charge < -0.3 is 9.22 Å². The summed E-state index contributed by atoms with van der Waals surface area (Å²) in [6.07, 6.45) is 3.60. The summed E-state index contributed by atoms with van der Waals surface area (Å²) in [5, 5.41) is 3.35. The van der Waals surface area contributed by atoms with Gasteiger partial charge >= 0.3 is 6.09 Å². The molecule has 1 amide bonds. The number of fused-ring (bicyclic) bond motifs is 2. The van der Waals surface area contributed by atoms with Crippen LogP contribution in [-0.4, -0.2) is 42.9 Å². The first kappa shape index (κ1) is 19.2. The van der Waals surface area contributed by atoms with Crippen LogP contribution in [0.15, 0.2) is 42.5 Å². The third kappa shape index (κ3) is 3.74. The topological polar surface area (TPSA) is 38.3 Å². The molecule has 0 aliphatic carbocycles. The maximum Gasteiger partial charge on any atom is 0.411 e. The molecule has 2 aromatic carbocycles. The van der Waals surface area contributed by atoms with Crippen LogP contribution in [0, 0.1) is 5.82 Å². The Morgan fingerprint density at radius 2 is 1.86 bits per heavy atom. The van der Waals surface area contributed by atoms with E-state index in [9.17, 15) is 9.18 Å². The molecule has 1 unspecified atom stereocenters. The molecule has 2 saturated heterocycles. The lowest BCUT2D eigenvalue weighted by Crippen LogP contribution is -2.56. The molecule has 2 fully saturated rings. The summed E-state index contributed by atoms with van der Waals surface area (Å²) < 4.78 is 20.6. The van der Waals surface area contributed by atoms with Crippen LogP contribution in [-0.2, 0) is 4.74 Å². The molecule has 148 valence electrons. The number of piperidine rings is 1. The molecule has 2 heterocycles. The molecule has 2 aliphatic heterocycles. The van der Waals surface area contributed by atoms with Crippen molar-refractivity contribution in [1.29, 1.82) is 0 Å². The van der Waals surface area contributed by atoms with Crippen molar-refractivity contribution >= 4 is 23.4 Å². The number of hydrogen-bond acceptors (Lipinski definition) is 2. The first-order chi connectivity index (χ1) is 13.3. The van der Waals surface area contributed by atoms with E-state index in [0.29, 0.717) is 28.4 Å². The minimum absolute atomic E-state index is 0.0706. The molecular formula is C22H25ClFN2O2+. The molecule has 0 radical (unpaired) electrons. The van der Waals surface area contributed by atoms with Gasteiger partial charge in [-0.05, 0) is 35.9 Å². The van der Waals surface area contributed by atoms with Crippen LogP contribution in [0.1, 0.15) is 25.7 Å². The van der Waals surface area contributed by atoms with Crippen LogP contribution in [0.5, 0.6) is 0 Å². The largest absolute Gasteiger partial charge is 0.445 e. The standard InChI is InChI=1S/C22H24ClFN2O2/c1-26(2)17-7-8-18(26)13-19(12-17)28-22(27)25-21-9-6-16(24)11-20(21)14-4-3-5-15(23)10-14/h3-6,9-11,17-19H,7-8,12-13H2,1-2H3/p+1/t17-,18+,19?. The molecule has 28 heavy (non-hydrogen) atoms. The van der Waals surface area contributed by atoms with Crippen molar-refractivity contribution in [3.63, 3.8) is 0 Å². The molecule has 0 aromatic heterocycles. The molecule has 3 atom stereocenters. The summed E-state index contributed by atoms with van der Waals surface area (Å²) in [4.78, 5) is 12.6. The number of carbonyl (C=O) groups is 1. The van der Waals surface area contributed by atoms with Gasteiger partial charge in [0.15, 0.2) is 0 Å². The number of halogens is 2. The fraction of sp³-hybridized carbons (Fsp3) is 0.409. The zero-order valence-electron chi connectivity index (χ0n) is 16.1. The molecule has 2 aliphatic rings. The Bertz CT molecular complexity index is 886. The second-order valence-corrected chi connectivity index (χ2v) is 8.77. The van der Waals surface area contributed by atoms with Crippen molar-refractivity contribution in [3.8, 4) is 11.1 Å². The quantitative estimate of drug-likeness (QED) is 0.690. The lowest BCUT2D eigenvalue weighted by molar-refractivity contribution is -0.931. The summed E-state index contributed by atoms with van der Waals surface area (Å²) in [6, 6.07) is 12.5. The van der Waals surface area contributed by atoms with Crippen molar-refractivity contribution < 1.29 is 18.4 Å².